The fourth-order valence-electron chi connectivity index (χ4n) is 6.31. The van der Waals surface area contributed by atoms with Crippen LogP contribution in [-0.4, -0.2) is 78.5 Å². The molecule has 2 aromatic rings. The molecule has 3 atom stereocenters. The van der Waals surface area contributed by atoms with Crippen LogP contribution in [0.25, 0.3) is 0 Å². The molecule has 1 heterocycles. The van der Waals surface area contributed by atoms with Gasteiger partial charge in [-0.1, -0.05) is 55.7 Å². The molecule has 13 nitrogen and oxygen atoms in total. The number of amides is 4. The zero-order valence-electron chi connectivity index (χ0n) is 27.2. The van der Waals surface area contributed by atoms with Crippen LogP contribution in [0.15, 0.2) is 53.5 Å². The lowest BCUT2D eigenvalue weighted by atomic mass is 9.83. The Morgan fingerprint density at radius 2 is 1.49 bits per heavy atom. The van der Waals surface area contributed by atoms with Crippen molar-refractivity contribution >= 4 is 41.1 Å². The molecular formula is C34H47N9O4. The van der Waals surface area contributed by atoms with Crippen molar-refractivity contribution in [2.45, 2.75) is 63.5 Å². The number of carbonyl (C=O) groups is 4. The maximum absolute atomic E-state index is 14.2. The molecule has 2 unspecified atom stereocenters. The third-order valence-electron chi connectivity index (χ3n) is 8.90. The molecule has 47 heavy (non-hydrogen) atoms. The minimum absolute atomic E-state index is 0.0808. The number of likely N-dealkylation sites (tertiary alicyclic amines) is 1. The molecular weight excluding hydrogens is 598 g/mol. The molecule has 4 amide bonds. The Kier molecular flexibility index (Phi) is 11.9. The lowest BCUT2D eigenvalue weighted by Gasteiger charge is -2.33. The fourth-order valence-corrected chi connectivity index (χ4v) is 6.31. The summed E-state index contributed by atoms with van der Waals surface area (Å²) in [5, 5.41) is 13.6. The Balaban J connectivity index is 1.61. The van der Waals surface area contributed by atoms with Crippen molar-refractivity contribution in [1.82, 2.24) is 20.4 Å². The van der Waals surface area contributed by atoms with E-state index in [1.165, 1.54) is 4.90 Å². The van der Waals surface area contributed by atoms with Crippen molar-refractivity contribution < 1.29 is 19.2 Å². The first-order valence-electron chi connectivity index (χ1n) is 16.2. The molecule has 9 N–H and O–H groups in total. The molecule has 2 aliphatic rings. The average molecular weight is 646 g/mol. The molecule has 4 rings (SSSR count). The van der Waals surface area contributed by atoms with Gasteiger partial charge < -0.3 is 37.6 Å². The van der Waals surface area contributed by atoms with E-state index in [1.807, 2.05) is 0 Å². The first-order chi connectivity index (χ1) is 22.4. The Hall–Kier alpha value is -4.94. The maximum atomic E-state index is 14.2. The second kappa shape index (κ2) is 16.1. The highest BCUT2D eigenvalue weighted by Crippen LogP contribution is 2.29. The maximum Gasteiger partial charge on any atom is 0.249 e. The summed E-state index contributed by atoms with van der Waals surface area (Å²) in [7, 11) is 3.17. The molecule has 1 aliphatic heterocycles. The Morgan fingerprint density at radius 3 is 2.04 bits per heavy atom. The predicted octanol–water partition coefficient (Wildman–Crippen LogP) is 1.67. The number of nitrogens with two attached hydrogens (primary N) is 3. The van der Waals surface area contributed by atoms with Gasteiger partial charge in [-0.15, -0.1) is 0 Å². The van der Waals surface area contributed by atoms with Crippen LogP contribution in [0.5, 0.6) is 0 Å². The van der Waals surface area contributed by atoms with Crippen LogP contribution in [0.3, 0.4) is 0 Å². The van der Waals surface area contributed by atoms with Gasteiger partial charge in [-0.3, -0.25) is 24.6 Å². The van der Waals surface area contributed by atoms with Crippen molar-refractivity contribution in [3.8, 4) is 0 Å². The van der Waals surface area contributed by atoms with E-state index in [0.29, 0.717) is 35.5 Å². The van der Waals surface area contributed by atoms with Crippen LogP contribution in [0, 0.1) is 17.2 Å². The van der Waals surface area contributed by atoms with Gasteiger partial charge in [-0.2, -0.15) is 0 Å². The van der Waals surface area contributed by atoms with Gasteiger partial charge in [0.25, 0.3) is 0 Å². The lowest BCUT2D eigenvalue weighted by molar-refractivity contribution is -0.142. The number of nitrogens with zero attached hydrogens (tertiary/aromatic N) is 3. The Labute approximate surface area is 275 Å². The summed E-state index contributed by atoms with van der Waals surface area (Å²) in [5.41, 5.74) is 18.9. The number of rotatable bonds is 12. The van der Waals surface area contributed by atoms with Gasteiger partial charge in [0.1, 0.15) is 23.8 Å². The quantitative estimate of drug-likeness (QED) is 0.114. The van der Waals surface area contributed by atoms with Gasteiger partial charge >= 0.3 is 0 Å². The summed E-state index contributed by atoms with van der Waals surface area (Å²) >= 11 is 0. The molecule has 1 aliphatic carbocycles. The largest absolute Gasteiger partial charge is 0.384 e. The summed E-state index contributed by atoms with van der Waals surface area (Å²) in [6, 6.07) is 11.6. The van der Waals surface area contributed by atoms with E-state index >= 15 is 0 Å². The molecule has 0 spiro atoms. The first kappa shape index (κ1) is 34.9. The number of aliphatic imine (C=N–C) groups is 1. The summed E-state index contributed by atoms with van der Waals surface area (Å²) in [6.45, 7) is 1.20. The van der Waals surface area contributed by atoms with Gasteiger partial charge in [0.2, 0.25) is 23.6 Å². The van der Waals surface area contributed by atoms with Crippen LogP contribution in [0.1, 0.15) is 67.7 Å². The van der Waals surface area contributed by atoms with Gasteiger partial charge in [0.05, 0.1) is 5.69 Å². The van der Waals surface area contributed by atoms with E-state index < -0.39 is 35.7 Å². The number of carbonyl (C=O) groups excluding carboxylic acids is 4. The normalized spacial score (nSPS) is 16.8. The van der Waals surface area contributed by atoms with Gasteiger partial charge in [-0.05, 0) is 61.3 Å². The van der Waals surface area contributed by atoms with Crippen molar-refractivity contribution in [2.24, 2.45) is 34.0 Å². The second-order valence-corrected chi connectivity index (χ2v) is 12.6. The highest BCUT2D eigenvalue weighted by Gasteiger charge is 2.38. The number of benzene rings is 2. The van der Waals surface area contributed by atoms with Crippen molar-refractivity contribution in [3.05, 3.63) is 65.2 Å². The zero-order valence-corrected chi connectivity index (χ0v) is 27.2. The minimum Gasteiger partial charge on any atom is -0.384 e. The van der Waals surface area contributed by atoms with Crippen LogP contribution in [0.4, 0.5) is 5.69 Å². The number of hydrogen-bond donors (Lipinski definition) is 6. The topological polar surface area (TPSA) is 213 Å². The lowest BCUT2D eigenvalue weighted by Crippen LogP contribution is -2.56. The predicted molar refractivity (Wildman–Crippen MR) is 180 cm³/mol. The highest BCUT2D eigenvalue weighted by atomic mass is 16.2. The third-order valence-corrected chi connectivity index (χ3v) is 8.90. The number of amidine groups is 1. The van der Waals surface area contributed by atoms with E-state index in [-0.39, 0.29) is 30.0 Å². The molecule has 2 aromatic carbocycles. The molecule has 0 aromatic heterocycles. The van der Waals surface area contributed by atoms with E-state index in [1.54, 1.807) is 67.5 Å². The van der Waals surface area contributed by atoms with Gasteiger partial charge in [0, 0.05) is 32.7 Å². The fraction of sp³-hybridized carbons (Fsp3) is 0.471. The molecule has 13 heteroatoms. The second-order valence-electron chi connectivity index (χ2n) is 12.6. The number of nitrogen functional groups attached to an aromatic ring is 1. The smallest absolute Gasteiger partial charge is 0.249 e. The SMILES string of the molecule is CN(C)C(=O)C(Cc1ccc(C(=N)N)cc1)C(=O)N[C@H](C(=O)NC(C(=O)N1CCCC1)c1ccc(N=C(N)N)cc1)C1CCCCC1. The van der Waals surface area contributed by atoms with E-state index in [0.717, 1.165) is 44.9 Å². The number of hydrogen-bond acceptors (Lipinski definition) is 6. The molecule has 1 saturated heterocycles. The van der Waals surface area contributed by atoms with Crippen molar-refractivity contribution in [1.29, 1.82) is 5.41 Å². The molecule has 1 saturated carbocycles. The average Bonchev–Trinajstić information content (AvgIpc) is 3.60. The van der Waals surface area contributed by atoms with Crippen molar-refractivity contribution in [3.63, 3.8) is 0 Å². The van der Waals surface area contributed by atoms with Crippen LogP contribution in [0.2, 0.25) is 0 Å². The summed E-state index contributed by atoms with van der Waals surface area (Å²) in [4.78, 5) is 62.4. The monoisotopic (exact) mass is 645 g/mol. The van der Waals surface area contributed by atoms with E-state index in [9.17, 15) is 19.2 Å². The Morgan fingerprint density at radius 1 is 0.872 bits per heavy atom. The molecule has 0 bridgehead atoms. The molecule has 252 valence electrons. The molecule has 2 fully saturated rings. The van der Waals surface area contributed by atoms with Gasteiger partial charge in [-0.25, -0.2) is 4.99 Å². The number of guanidine groups is 1. The van der Waals surface area contributed by atoms with Crippen molar-refractivity contribution in [2.75, 3.05) is 27.2 Å². The minimum atomic E-state index is -1.10. The summed E-state index contributed by atoms with van der Waals surface area (Å²) in [5.74, 6) is -3.10. The van der Waals surface area contributed by atoms with Gasteiger partial charge in [0.15, 0.2) is 5.96 Å². The standard InChI is InChI=1S/C34H47N9O4/c1-42(2)32(46)26(20-21-10-12-24(13-11-21)29(35)36)30(44)40-27(22-8-4-3-5-9-22)31(45)41-28(33(47)43-18-6-7-19-43)23-14-16-25(17-15-23)39-34(37)38/h10-17,22,26-28H,3-9,18-20H2,1-2H3,(H3,35,36)(H,40,44)(H,41,45)(H4,37,38,39)/t26?,27-,28?/m0/s1. The van der Waals surface area contributed by atoms with Crippen LogP contribution < -0.4 is 27.8 Å². The van der Waals surface area contributed by atoms with Crippen LogP contribution >= 0.6 is 0 Å². The summed E-state index contributed by atoms with van der Waals surface area (Å²) in [6.07, 6.45) is 6.19. The van der Waals surface area contributed by atoms with E-state index in [4.69, 9.17) is 22.6 Å². The zero-order chi connectivity index (χ0) is 34.1. The van der Waals surface area contributed by atoms with Crippen LogP contribution in [-0.2, 0) is 25.6 Å². The van der Waals surface area contributed by atoms with E-state index in [2.05, 4.69) is 15.6 Å². The summed E-state index contributed by atoms with van der Waals surface area (Å²) < 4.78 is 0. The Bertz CT molecular complexity index is 1460. The third kappa shape index (κ3) is 9.30. The first-order valence-corrected chi connectivity index (χ1v) is 16.2. The molecule has 0 radical (unpaired) electrons. The highest BCUT2D eigenvalue weighted by molar-refractivity contribution is 6.02. The number of nitrogens with one attached hydrogen (secondary N) is 3.